The first kappa shape index (κ1) is 10.7. The molecular weight excluding hydrogens is 218 g/mol. The molecule has 1 aliphatic heterocycles. The van der Waals surface area contributed by atoms with Crippen molar-refractivity contribution in [2.75, 3.05) is 23.9 Å². The van der Waals surface area contributed by atoms with Gasteiger partial charge in [-0.2, -0.15) is 0 Å². The Morgan fingerprint density at radius 3 is 3.13 bits per heavy atom. The summed E-state index contributed by atoms with van der Waals surface area (Å²) >= 11 is 5.58. The average Bonchev–Trinajstić information content (AvgIpc) is 2.84. The minimum Gasteiger partial charge on any atom is -0.408 e. The molecule has 0 aliphatic carbocycles. The fourth-order valence-corrected chi connectivity index (χ4v) is 1.98. The second kappa shape index (κ2) is 4.81. The van der Waals surface area contributed by atoms with Crippen molar-refractivity contribution in [1.82, 2.24) is 10.2 Å². The molecule has 15 heavy (non-hydrogen) atoms. The molecule has 2 rings (SSSR count). The minimum atomic E-state index is 0.120. The standard InChI is InChI=1S/C9H14ClN3O2/c10-4-3-8-11-12-9(15-8)13-5-1-2-7(13)6-14/h7,14H,1-6H2. The number of aryl methyl sites for hydroxylation is 1. The number of anilines is 1. The molecular formula is C9H14ClN3O2. The third kappa shape index (κ3) is 2.23. The van der Waals surface area contributed by atoms with E-state index in [2.05, 4.69) is 10.2 Å². The van der Waals surface area contributed by atoms with Crippen molar-refractivity contribution in [3.63, 3.8) is 0 Å². The van der Waals surface area contributed by atoms with E-state index in [1.165, 1.54) is 0 Å². The fraction of sp³-hybridized carbons (Fsp3) is 0.778. The molecule has 0 radical (unpaired) electrons. The Kier molecular flexibility index (Phi) is 3.43. The van der Waals surface area contributed by atoms with E-state index in [1.807, 2.05) is 4.90 Å². The topological polar surface area (TPSA) is 62.4 Å². The maximum absolute atomic E-state index is 9.16. The summed E-state index contributed by atoms with van der Waals surface area (Å²) in [5.41, 5.74) is 0. The molecule has 0 saturated carbocycles. The van der Waals surface area contributed by atoms with Gasteiger partial charge in [0.25, 0.3) is 0 Å². The van der Waals surface area contributed by atoms with Gasteiger partial charge in [-0.3, -0.25) is 0 Å². The predicted molar refractivity (Wildman–Crippen MR) is 56.2 cm³/mol. The Labute approximate surface area is 93.0 Å². The Balaban J connectivity index is 2.07. The summed E-state index contributed by atoms with van der Waals surface area (Å²) in [6.45, 7) is 1.00. The highest BCUT2D eigenvalue weighted by Crippen LogP contribution is 2.23. The number of aliphatic hydroxyl groups is 1. The zero-order valence-electron chi connectivity index (χ0n) is 8.40. The van der Waals surface area contributed by atoms with E-state index >= 15 is 0 Å². The molecule has 0 bridgehead atoms. The van der Waals surface area contributed by atoms with Crippen LogP contribution in [-0.2, 0) is 6.42 Å². The first-order chi connectivity index (χ1) is 7.35. The van der Waals surface area contributed by atoms with Crippen LogP contribution in [0.3, 0.4) is 0 Å². The zero-order valence-corrected chi connectivity index (χ0v) is 9.15. The van der Waals surface area contributed by atoms with Crippen LogP contribution in [0, 0.1) is 0 Å². The number of nitrogens with zero attached hydrogens (tertiary/aromatic N) is 3. The summed E-state index contributed by atoms with van der Waals surface area (Å²) in [6, 6.07) is 0.626. The molecule has 1 aromatic rings. The van der Waals surface area contributed by atoms with E-state index in [1.54, 1.807) is 0 Å². The SMILES string of the molecule is OCC1CCCN1c1nnc(CCCl)o1. The quantitative estimate of drug-likeness (QED) is 0.778. The van der Waals surface area contributed by atoms with Crippen molar-refractivity contribution in [3.8, 4) is 0 Å². The van der Waals surface area contributed by atoms with Gasteiger partial charge in [0.1, 0.15) is 0 Å². The molecule has 1 unspecified atom stereocenters. The maximum Gasteiger partial charge on any atom is 0.318 e. The van der Waals surface area contributed by atoms with Crippen LogP contribution in [0.2, 0.25) is 0 Å². The van der Waals surface area contributed by atoms with Gasteiger partial charge in [-0.1, -0.05) is 5.10 Å². The number of hydrogen-bond acceptors (Lipinski definition) is 5. The van der Waals surface area contributed by atoms with E-state index in [0.29, 0.717) is 24.2 Å². The molecule has 1 saturated heterocycles. The van der Waals surface area contributed by atoms with E-state index in [4.69, 9.17) is 21.1 Å². The second-order valence-corrected chi connectivity index (χ2v) is 3.97. The van der Waals surface area contributed by atoms with Crippen molar-refractivity contribution in [1.29, 1.82) is 0 Å². The van der Waals surface area contributed by atoms with Crippen LogP contribution in [0.25, 0.3) is 0 Å². The molecule has 1 fully saturated rings. The number of alkyl halides is 1. The van der Waals surface area contributed by atoms with Crippen LogP contribution in [0.5, 0.6) is 0 Å². The first-order valence-corrected chi connectivity index (χ1v) is 5.64. The lowest BCUT2D eigenvalue weighted by atomic mass is 10.2. The summed E-state index contributed by atoms with van der Waals surface area (Å²) < 4.78 is 5.45. The monoisotopic (exact) mass is 231 g/mol. The van der Waals surface area contributed by atoms with Gasteiger partial charge in [-0.25, -0.2) is 0 Å². The lowest BCUT2D eigenvalue weighted by Crippen LogP contribution is -2.32. The molecule has 1 atom stereocenters. The van der Waals surface area contributed by atoms with Gasteiger partial charge in [-0.15, -0.1) is 16.7 Å². The van der Waals surface area contributed by atoms with Crippen LogP contribution in [0.1, 0.15) is 18.7 Å². The highest BCUT2D eigenvalue weighted by atomic mass is 35.5. The fourth-order valence-electron chi connectivity index (χ4n) is 1.82. The molecule has 0 aromatic carbocycles. The Morgan fingerprint density at radius 1 is 1.53 bits per heavy atom. The van der Waals surface area contributed by atoms with Gasteiger partial charge < -0.3 is 14.4 Å². The molecule has 2 heterocycles. The van der Waals surface area contributed by atoms with Gasteiger partial charge in [0, 0.05) is 18.8 Å². The second-order valence-electron chi connectivity index (χ2n) is 3.59. The van der Waals surface area contributed by atoms with Gasteiger partial charge in [0.2, 0.25) is 5.89 Å². The third-order valence-corrected chi connectivity index (χ3v) is 2.79. The molecule has 5 nitrogen and oxygen atoms in total. The minimum absolute atomic E-state index is 0.120. The maximum atomic E-state index is 9.16. The van der Waals surface area contributed by atoms with Crippen LogP contribution in [-0.4, -0.2) is 40.4 Å². The largest absolute Gasteiger partial charge is 0.408 e. The smallest absolute Gasteiger partial charge is 0.318 e. The summed E-state index contributed by atoms with van der Waals surface area (Å²) in [6.07, 6.45) is 2.62. The molecule has 0 spiro atoms. The average molecular weight is 232 g/mol. The van der Waals surface area contributed by atoms with Crippen molar-refractivity contribution in [2.45, 2.75) is 25.3 Å². The van der Waals surface area contributed by atoms with Gasteiger partial charge in [0.05, 0.1) is 12.6 Å². The number of halogens is 1. The lowest BCUT2D eigenvalue weighted by molar-refractivity contribution is 0.262. The van der Waals surface area contributed by atoms with E-state index < -0.39 is 0 Å². The highest BCUT2D eigenvalue weighted by molar-refractivity contribution is 6.17. The zero-order chi connectivity index (χ0) is 10.7. The molecule has 0 amide bonds. The van der Waals surface area contributed by atoms with Gasteiger partial charge in [0.15, 0.2) is 0 Å². The Hall–Kier alpha value is -0.810. The van der Waals surface area contributed by atoms with E-state index in [-0.39, 0.29) is 12.6 Å². The first-order valence-electron chi connectivity index (χ1n) is 5.11. The Bertz CT molecular complexity index is 318. The number of rotatable bonds is 4. The van der Waals surface area contributed by atoms with Crippen molar-refractivity contribution in [2.24, 2.45) is 0 Å². The van der Waals surface area contributed by atoms with Crippen molar-refractivity contribution >= 4 is 17.6 Å². The predicted octanol–water partition coefficient (Wildman–Crippen LogP) is 0.812. The van der Waals surface area contributed by atoms with Crippen molar-refractivity contribution in [3.05, 3.63) is 5.89 Å². The molecule has 1 aromatic heterocycles. The van der Waals surface area contributed by atoms with Crippen LogP contribution >= 0.6 is 11.6 Å². The lowest BCUT2D eigenvalue weighted by Gasteiger charge is -2.19. The number of hydrogen-bond donors (Lipinski definition) is 1. The number of aliphatic hydroxyl groups excluding tert-OH is 1. The molecule has 1 aliphatic rings. The van der Waals surface area contributed by atoms with Crippen LogP contribution < -0.4 is 4.90 Å². The summed E-state index contributed by atoms with van der Waals surface area (Å²) in [4.78, 5) is 1.96. The van der Waals surface area contributed by atoms with Crippen LogP contribution in [0.15, 0.2) is 4.42 Å². The summed E-state index contributed by atoms with van der Waals surface area (Å²) in [5, 5.41) is 17.0. The van der Waals surface area contributed by atoms with Gasteiger partial charge >= 0.3 is 6.01 Å². The van der Waals surface area contributed by atoms with E-state index in [0.717, 1.165) is 19.4 Å². The highest BCUT2D eigenvalue weighted by Gasteiger charge is 2.27. The normalized spacial score (nSPS) is 21.2. The van der Waals surface area contributed by atoms with Gasteiger partial charge in [-0.05, 0) is 12.8 Å². The molecule has 1 N–H and O–H groups in total. The van der Waals surface area contributed by atoms with E-state index in [9.17, 15) is 0 Å². The number of aromatic nitrogens is 2. The third-order valence-electron chi connectivity index (χ3n) is 2.60. The summed E-state index contributed by atoms with van der Waals surface area (Å²) in [7, 11) is 0. The van der Waals surface area contributed by atoms with Crippen LogP contribution in [0.4, 0.5) is 6.01 Å². The van der Waals surface area contributed by atoms with Crippen molar-refractivity contribution < 1.29 is 9.52 Å². The summed E-state index contributed by atoms with van der Waals surface area (Å²) in [5.74, 6) is 1.04. The molecule has 6 heteroatoms. The Morgan fingerprint density at radius 2 is 2.40 bits per heavy atom. The molecule has 84 valence electrons.